The second-order valence-corrected chi connectivity index (χ2v) is 7.29. The van der Waals surface area contributed by atoms with Crippen LogP contribution in [-0.4, -0.2) is 59.9 Å². The van der Waals surface area contributed by atoms with Crippen LogP contribution in [0.1, 0.15) is 29.6 Å². The van der Waals surface area contributed by atoms with Crippen LogP contribution in [0.25, 0.3) is 10.9 Å². The van der Waals surface area contributed by atoms with Crippen molar-refractivity contribution < 1.29 is 23.1 Å². The second-order valence-electron chi connectivity index (χ2n) is 7.29. The Labute approximate surface area is 190 Å². The van der Waals surface area contributed by atoms with Crippen molar-refractivity contribution in [1.29, 1.82) is 5.26 Å². The van der Waals surface area contributed by atoms with Gasteiger partial charge in [0.15, 0.2) is 0 Å². The van der Waals surface area contributed by atoms with E-state index in [1.54, 1.807) is 24.3 Å². The first-order valence-corrected chi connectivity index (χ1v) is 9.91. The van der Waals surface area contributed by atoms with Crippen LogP contribution in [0.2, 0.25) is 0 Å². The molecule has 0 radical (unpaired) electrons. The Kier molecular flexibility index (Phi) is 8.69. The number of hydrogen-bond donors (Lipinski definition) is 2. The summed E-state index contributed by atoms with van der Waals surface area (Å²) in [6, 6.07) is 7.16. The van der Waals surface area contributed by atoms with Crippen LogP contribution in [0.5, 0.6) is 5.75 Å². The fraction of sp³-hybridized carbons (Fsp3) is 0.429. The lowest BCUT2D eigenvalue weighted by molar-refractivity contribution is -0.131. The third kappa shape index (κ3) is 6.02. The summed E-state index contributed by atoms with van der Waals surface area (Å²) in [6.07, 6.45) is 2.41. The number of nitrogens with zero attached hydrogens (tertiary/aromatic N) is 3. The number of pyridine rings is 1. The van der Waals surface area contributed by atoms with E-state index in [-0.39, 0.29) is 18.0 Å². The molecule has 11 heteroatoms. The quantitative estimate of drug-likeness (QED) is 0.574. The number of nitrogens with one attached hydrogen (secondary N) is 1. The van der Waals surface area contributed by atoms with Crippen molar-refractivity contribution in [3.05, 3.63) is 36.0 Å². The van der Waals surface area contributed by atoms with Gasteiger partial charge in [0.05, 0.1) is 36.8 Å². The average molecular weight is 468 g/mol. The number of carbonyl (C=O) groups excluding carboxylic acids is 2. The van der Waals surface area contributed by atoms with Gasteiger partial charge in [0.2, 0.25) is 5.91 Å². The maximum Gasteiger partial charge on any atom is 0.268 e. The zero-order chi connectivity index (χ0) is 22.4. The van der Waals surface area contributed by atoms with E-state index in [9.17, 15) is 18.4 Å². The summed E-state index contributed by atoms with van der Waals surface area (Å²) < 4.78 is 32.8. The van der Waals surface area contributed by atoms with Gasteiger partial charge in [0, 0.05) is 18.0 Å². The highest BCUT2D eigenvalue weighted by atomic mass is 35.5. The molecule has 0 bridgehead atoms. The molecular weight excluding hydrogens is 444 g/mol. The first kappa shape index (κ1) is 25.2. The van der Waals surface area contributed by atoms with Crippen LogP contribution < -0.4 is 15.8 Å². The number of benzene rings is 1. The number of nitrogens with two attached hydrogens (primary N) is 1. The number of amides is 2. The molecule has 2 amide bonds. The van der Waals surface area contributed by atoms with Gasteiger partial charge in [-0.3, -0.25) is 14.6 Å². The SMILES string of the molecule is Cl.N#C[C@@H]1CC(F)(F)CN1C(=O)CNC(=O)c1ccnc2ccc(OCCCCN)cc12. The topological polar surface area (TPSA) is 121 Å². The number of rotatable bonds is 8. The molecule has 0 saturated carbocycles. The fourth-order valence-electron chi connectivity index (χ4n) is 3.40. The van der Waals surface area contributed by atoms with Crippen molar-refractivity contribution in [2.75, 3.05) is 26.2 Å². The second kappa shape index (κ2) is 11.0. The Morgan fingerprint density at radius 2 is 2.12 bits per heavy atom. The number of halogens is 3. The summed E-state index contributed by atoms with van der Waals surface area (Å²) in [6.45, 7) is -0.257. The molecule has 32 heavy (non-hydrogen) atoms. The number of hydrogen-bond acceptors (Lipinski definition) is 6. The van der Waals surface area contributed by atoms with Crippen LogP contribution in [0.4, 0.5) is 8.78 Å². The van der Waals surface area contributed by atoms with E-state index in [1.807, 2.05) is 0 Å². The molecule has 2 aromatic rings. The summed E-state index contributed by atoms with van der Waals surface area (Å²) in [5.41, 5.74) is 6.30. The van der Waals surface area contributed by atoms with Crippen LogP contribution in [-0.2, 0) is 4.79 Å². The normalized spacial score (nSPS) is 16.8. The van der Waals surface area contributed by atoms with Crippen LogP contribution in [0.15, 0.2) is 30.5 Å². The molecule has 1 aliphatic heterocycles. The molecule has 1 saturated heterocycles. The standard InChI is InChI=1S/C21H23F2N5O3.ClH/c22-21(23)10-14(11-25)28(13-21)19(29)12-27-20(30)16-5-7-26-18-4-3-15(9-17(16)18)31-8-2-1-6-24;/h3-5,7,9,14H,1-2,6,8,10,12-13,24H2,(H,27,30);1H/t14-;/m0./s1. The lowest BCUT2D eigenvalue weighted by Gasteiger charge is -2.19. The molecule has 3 rings (SSSR count). The largest absolute Gasteiger partial charge is 0.494 e. The molecule has 0 unspecified atom stereocenters. The van der Waals surface area contributed by atoms with Gasteiger partial charge in [-0.2, -0.15) is 5.26 Å². The van der Waals surface area contributed by atoms with Gasteiger partial charge in [-0.1, -0.05) is 0 Å². The van der Waals surface area contributed by atoms with Gasteiger partial charge >= 0.3 is 0 Å². The summed E-state index contributed by atoms with van der Waals surface area (Å²) in [4.78, 5) is 30.0. The number of likely N-dealkylation sites (tertiary alicyclic amines) is 1. The van der Waals surface area contributed by atoms with Crippen LogP contribution in [0.3, 0.4) is 0 Å². The van der Waals surface area contributed by atoms with Crippen molar-refractivity contribution in [1.82, 2.24) is 15.2 Å². The molecule has 8 nitrogen and oxygen atoms in total. The maximum absolute atomic E-state index is 13.5. The highest BCUT2D eigenvalue weighted by Crippen LogP contribution is 2.31. The van der Waals surface area contributed by atoms with Gasteiger partial charge < -0.3 is 20.7 Å². The number of carbonyl (C=O) groups is 2. The number of ether oxygens (including phenoxy) is 1. The minimum Gasteiger partial charge on any atom is -0.494 e. The molecule has 0 aliphatic carbocycles. The first-order valence-electron chi connectivity index (χ1n) is 9.91. The van der Waals surface area contributed by atoms with Crippen molar-refractivity contribution in [3.63, 3.8) is 0 Å². The van der Waals surface area contributed by atoms with Crippen molar-refractivity contribution in [3.8, 4) is 11.8 Å². The van der Waals surface area contributed by atoms with E-state index in [2.05, 4.69) is 10.3 Å². The molecule has 1 aromatic heterocycles. The summed E-state index contributed by atoms with van der Waals surface area (Å²) in [5.74, 6) is -3.83. The Morgan fingerprint density at radius 1 is 1.34 bits per heavy atom. The highest BCUT2D eigenvalue weighted by molar-refractivity contribution is 6.07. The first-order chi connectivity index (χ1) is 14.8. The van der Waals surface area contributed by atoms with Crippen molar-refractivity contribution in [2.45, 2.75) is 31.2 Å². The molecule has 1 aliphatic rings. The van der Waals surface area contributed by atoms with Gasteiger partial charge in [-0.15, -0.1) is 12.4 Å². The van der Waals surface area contributed by atoms with Gasteiger partial charge in [-0.25, -0.2) is 8.78 Å². The van der Waals surface area contributed by atoms with E-state index in [4.69, 9.17) is 15.7 Å². The third-order valence-electron chi connectivity index (χ3n) is 4.96. The maximum atomic E-state index is 13.5. The molecule has 0 spiro atoms. The van der Waals surface area contributed by atoms with Gasteiger partial charge in [-0.05, 0) is 43.7 Å². The zero-order valence-corrected chi connectivity index (χ0v) is 18.0. The zero-order valence-electron chi connectivity index (χ0n) is 17.2. The van der Waals surface area contributed by atoms with Crippen LogP contribution >= 0.6 is 12.4 Å². The van der Waals surface area contributed by atoms with Crippen molar-refractivity contribution in [2.24, 2.45) is 5.73 Å². The molecular formula is C21H24ClF2N5O3. The van der Waals surface area contributed by atoms with E-state index in [1.165, 1.54) is 12.3 Å². The number of fused-ring (bicyclic) bond motifs is 1. The molecule has 2 heterocycles. The highest BCUT2D eigenvalue weighted by Gasteiger charge is 2.47. The van der Waals surface area contributed by atoms with E-state index in [0.29, 0.717) is 29.8 Å². The minimum atomic E-state index is -3.11. The molecule has 1 atom stereocenters. The van der Waals surface area contributed by atoms with Gasteiger partial charge in [0.1, 0.15) is 11.8 Å². The lowest BCUT2D eigenvalue weighted by atomic mass is 10.1. The molecule has 3 N–H and O–H groups in total. The predicted molar refractivity (Wildman–Crippen MR) is 116 cm³/mol. The van der Waals surface area contributed by atoms with Gasteiger partial charge in [0.25, 0.3) is 11.8 Å². The summed E-state index contributed by atoms with van der Waals surface area (Å²) in [7, 11) is 0. The molecule has 172 valence electrons. The third-order valence-corrected chi connectivity index (χ3v) is 4.96. The minimum absolute atomic E-state index is 0. The molecule has 1 aromatic carbocycles. The smallest absolute Gasteiger partial charge is 0.268 e. The van der Waals surface area contributed by atoms with Crippen molar-refractivity contribution >= 4 is 35.1 Å². The predicted octanol–water partition coefficient (Wildman–Crippen LogP) is 2.26. The Morgan fingerprint density at radius 3 is 2.84 bits per heavy atom. The van der Waals surface area contributed by atoms with E-state index >= 15 is 0 Å². The van der Waals surface area contributed by atoms with E-state index in [0.717, 1.165) is 17.7 Å². The Bertz CT molecular complexity index is 1010. The fourth-order valence-corrected chi connectivity index (χ4v) is 3.40. The number of alkyl halides is 2. The Hall–Kier alpha value is -3.03. The summed E-state index contributed by atoms with van der Waals surface area (Å²) >= 11 is 0. The number of nitriles is 1. The number of aromatic nitrogens is 1. The van der Waals surface area contributed by atoms with Crippen LogP contribution in [0, 0.1) is 11.3 Å². The Balaban J connectivity index is 0.00000363. The summed E-state index contributed by atoms with van der Waals surface area (Å²) in [5, 5.41) is 12.0. The monoisotopic (exact) mass is 467 g/mol. The molecule has 1 fully saturated rings. The average Bonchev–Trinajstić information content (AvgIpc) is 3.09. The number of unbranched alkanes of at least 4 members (excludes halogenated alkanes) is 1. The van der Waals surface area contributed by atoms with E-state index < -0.39 is 43.3 Å². The lowest BCUT2D eigenvalue weighted by Crippen LogP contribution is -2.43.